The van der Waals surface area contributed by atoms with Gasteiger partial charge in [-0.05, 0) is 104 Å². The molecule has 0 amide bonds. The molecule has 0 atom stereocenters. The number of furan rings is 1. The third-order valence-electron chi connectivity index (χ3n) is 10.0. The van der Waals surface area contributed by atoms with Gasteiger partial charge in [0.05, 0.1) is 22.8 Å². The Labute approximate surface area is 306 Å². The van der Waals surface area contributed by atoms with Gasteiger partial charge >= 0.3 is 0 Å². The fraction of sp³-hybridized carbons (Fsp3) is 0. The number of hydrogen-bond donors (Lipinski definition) is 0. The Hall–Kier alpha value is -7.17. The van der Waals surface area contributed by atoms with Crippen LogP contribution in [0.3, 0.4) is 0 Å². The van der Waals surface area contributed by atoms with E-state index in [1.807, 2.05) is 36.4 Å². The lowest BCUT2D eigenvalue weighted by Gasteiger charge is -2.12. The van der Waals surface area contributed by atoms with Crippen molar-refractivity contribution in [2.75, 3.05) is 0 Å². The maximum absolute atomic E-state index is 6.62. The molecule has 0 aliphatic heterocycles. The average Bonchev–Trinajstić information content (AvgIpc) is 3.62. The lowest BCUT2D eigenvalue weighted by Crippen LogP contribution is -1.94. The van der Waals surface area contributed by atoms with Crippen molar-refractivity contribution in [3.05, 3.63) is 188 Å². The van der Waals surface area contributed by atoms with E-state index in [0.29, 0.717) is 0 Å². The van der Waals surface area contributed by atoms with Gasteiger partial charge in [0, 0.05) is 28.6 Å². The monoisotopic (exact) mass is 677 g/mol. The van der Waals surface area contributed by atoms with Gasteiger partial charge in [-0.3, -0.25) is 9.97 Å². The summed E-state index contributed by atoms with van der Waals surface area (Å²) in [5.41, 5.74) is 14.2. The van der Waals surface area contributed by atoms with E-state index in [4.69, 9.17) is 9.40 Å². The number of nitrogens with zero attached hydrogens (tertiary/aromatic N) is 3. The van der Waals surface area contributed by atoms with Crippen LogP contribution in [-0.2, 0) is 0 Å². The van der Waals surface area contributed by atoms with E-state index in [9.17, 15) is 0 Å². The second-order valence-electron chi connectivity index (χ2n) is 13.2. The number of fused-ring (bicyclic) bond motifs is 5. The van der Waals surface area contributed by atoms with Crippen molar-refractivity contribution >= 4 is 32.7 Å². The van der Waals surface area contributed by atoms with E-state index in [-0.39, 0.29) is 0 Å². The van der Waals surface area contributed by atoms with Gasteiger partial charge in [-0.25, -0.2) is 4.98 Å². The summed E-state index contributed by atoms with van der Waals surface area (Å²) in [7, 11) is 0. The largest absolute Gasteiger partial charge is 0.455 e. The molecule has 10 aromatic rings. The average molecular weight is 678 g/mol. The summed E-state index contributed by atoms with van der Waals surface area (Å²) in [5.74, 6) is 0. The van der Waals surface area contributed by atoms with Crippen LogP contribution in [0, 0.1) is 0 Å². The predicted octanol–water partition coefficient (Wildman–Crippen LogP) is 12.9. The second kappa shape index (κ2) is 12.9. The number of pyridine rings is 3. The Balaban J connectivity index is 1.10. The number of hydrogen-bond acceptors (Lipinski definition) is 4. The summed E-state index contributed by atoms with van der Waals surface area (Å²) in [4.78, 5) is 14.1. The summed E-state index contributed by atoms with van der Waals surface area (Å²) in [6.45, 7) is 0. The van der Waals surface area contributed by atoms with E-state index < -0.39 is 0 Å². The van der Waals surface area contributed by atoms with Gasteiger partial charge in [-0.2, -0.15) is 0 Å². The molecule has 0 saturated carbocycles. The van der Waals surface area contributed by atoms with Gasteiger partial charge in [-0.1, -0.05) is 121 Å². The highest BCUT2D eigenvalue weighted by Crippen LogP contribution is 2.42. The molecule has 4 heterocycles. The molecule has 0 aliphatic rings. The molecule has 0 fully saturated rings. The minimum Gasteiger partial charge on any atom is -0.455 e. The van der Waals surface area contributed by atoms with Crippen LogP contribution < -0.4 is 0 Å². The third kappa shape index (κ3) is 5.54. The molecule has 0 aliphatic carbocycles. The molecule has 0 bridgehead atoms. The molecule has 4 heteroatoms. The van der Waals surface area contributed by atoms with E-state index >= 15 is 0 Å². The van der Waals surface area contributed by atoms with Gasteiger partial charge in [0.15, 0.2) is 0 Å². The maximum atomic E-state index is 6.62. The first kappa shape index (κ1) is 30.6. The number of rotatable bonds is 6. The highest BCUT2D eigenvalue weighted by molar-refractivity contribution is 6.19. The molecule has 0 N–H and O–H groups in total. The van der Waals surface area contributed by atoms with E-state index in [0.717, 1.165) is 83.3 Å². The Morgan fingerprint density at radius 1 is 0.321 bits per heavy atom. The summed E-state index contributed by atoms with van der Waals surface area (Å²) in [6, 6.07) is 61.4. The Morgan fingerprint density at radius 3 is 1.57 bits per heavy atom. The Morgan fingerprint density at radius 2 is 0.887 bits per heavy atom. The van der Waals surface area contributed by atoms with Crippen molar-refractivity contribution in [2.45, 2.75) is 0 Å². The van der Waals surface area contributed by atoms with Crippen LogP contribution in [0.4, 0.5) is 0 Å². The smallest absolute Gasteiger partial charge is 0.143 e. The summed E-state index contributed by atoms with van der Waals surface area (Å²) < 4.78 is 6.62. The van der Waals surface area contributed by atoms with E-state index in [1.165, 1.54) is 16.7 Å². The van der Waals surface area contributed by atoms with Crippen LogP contribution in [-0.4, -0.2) is 15.0 Å². The van der Waals surface area contributed by atoms with Crippen molar-refractivity contribution in [3.8, 4) is 67.3 Å². The lowest BCUT2D eigenvalue weighted by molar-refractivity contribution is 0.673. The van der Waals surface area contributed by atoms with Crippen LogP contribution in [0.5, 0.6) is 0 Å². The predicted molar refractivity (Wildman–Crippen MR) is 217 cm³/mol. The first-order valence-corrected chi connectivity index (χ1v) is 17.8. The van der Waals surface area contributed by atoms with Gasteiger partial charge in [0.2, 0.25) is 0 Å². The normalized spacial score (nSPS) is 11.4. The van der Waals surface area contributed by atoms with E-state index in [1.54, 1.807) is 12.4 Å². The zero-order valence-corrected chi connectivity index (χ0v) is 28.6. The molecule has 0 radical (unpaired) electrons. The molecule has 6 aromatic carbocycles. The lowest BCUT2D eigenvalue weighted by atomic mass is 9.92. The van der Waals surface area contributed by atoms with Gasteiger partial charge in [0.25, 0.3) is 0 Å². The first-order valence-electron chi connectivity index (χ1n) is 17.8. The van der Waals surface area contributed by atoms with Gasteiger partial charge in [-0.15, -0.1) is 0 Å². The molecule has 248 valence electrons. The fourth-order valence-corrected chi connectivity index (χ4v) is 7.44. The molecular formula is C49H31N3O. The molecule has 4 aromatic heterocycles. The Kier molecular flexibility index (Phi) is 7.43. The quantitative estimate of drug-likeness (QED) is 0.176. The maximum Gasteiger partial charge on any atom is 0.143 e. The van der Waals surface area contributed by atoms with Gasteiger partial charge in [0.1, 0.15) is 11.2 Å². The van der Waals surface area contributed by atoms with Crippen molar-refractivity contribution in [1.29, 1.82) is 0 Å². The van der Waals surface area contributed by atoms with Crippen LogP contribution >= 0.6 is 0 Å². The summed E-state index contributed by atoms with van der Waals surface area (Å²) >= 11 is 0. The van der Waals surface area contributed by atoms with Crippen molar-refractivity contribution in [2.24, 2.45) is 0 Å². The van der Waals surface area contributed by atoms with Crippen LogP contribution in [0.25, 0.3) is 100.0 Å². The highest BCUT2D eigenvalue weighted by atomic mass is 16.3. The molecule has 0 spiro atoms. The number of benzene rings is 6. The van der Waals surface area contributed by atoms with Crippen molar-refractivity contribution in [1.82, 2.24) is 15.0 Å². The minimum atomic E-state index is 0.807. The van der Waals surface area contributed by atoms with Crippen molar-refractivity contribution in [3.63, 3.8) is 0 Å². The highest BCUT2D eigenvalue weighted by Gasteiger charge is 2.17. The number of aromatic nitrogens is 3. The van der Waals surface area contributed by atoms with Gasteiger partial charge < -0.3 is 4.42 Å². The SMILES string of the molecule is c1ccc(-c2ccccc2-c2ccc3oc4c5ccccc5c(-c5ccc(-c6cc(-c7ccccn7)nc(-c7ccccn7)c6)cc5)cc4c3c2)cc1. The second-order valence-corrected chi connectivity index (χ2v) is 13.2. The standard InChI is InChI=1S/C49H31N3O/c1-2-12-33(13-3-1)37-14-4-5-15-38(37)35-24-25-48-42(28-35)43-31-41(39-16-6-7-17-40(39)49(43)53-48)34-22-20-32(21-23-34)36-29-46(44-18-8-10-26-50-44)52-47(30-36)45-19-9-11-27-51-45/h1-31H. The van der Waals surface area contributed by atoms with Crippen LogP contribution in [0.15, 0.2) is 193 Å². The van der Waals surface area contributed by atoms with Crippen LogP contribution in [0.2, 0.25) is 0 Å². The molecular weight excluding hydrogens is 647 g/mol. The molecule has 0 saturated heterocycles. The van der Waals surface area contributed by atoms with Crippen LogP contribution in [0.1, 0.15) is 0 Å². The summed E-state index contributed by atoms with van der Waals surface area (Å²) in [5, 5.41) is 4.46. The summed E-state index contributed by atoms with van der Waals surface area (Å²) in [6.07, 6.45) is 3.60. The van der Waals surface area contributed by atoms with E-state index in [2.05, 4.69) is 149 Å². The van der Waals surface area contributed by atoms with Crippen molar-refractivity contribution < 1.29 is 4.42 Å². The Bertz CT molecular complexity index is 2860. The molecule has 10 rings (SSSR count). The zero-order valence-electron chi connectivity index (χ0n) is 28.6. The minimum absolute atomic E-state index is 0.807. The third-order valence-corrected chi connectivity index (χ3v) is 10.0. The fourth-order valence-electron chi connectivity index (χ4n) is 7.44. The molecule has 53 heavy (non-hydrogen) atoms. The molecule has 0 unspecified atom stereocenters. The first-order chi connectivity index (χ1) is 26.3. The topological polar surface area (TPSA) is 51.8 Å². The molecule has 4 nitrogen and oxygen atoms in total. The zero-order chi connectivity index (χ0) is 35.1.